The van der Waals surface area contributed by atoms with E-state index in [9.17, 15) is 0 Å². The van der Waals surface area contributed by atoms with Crippen molar-refractivity contribution < 1.29 is 9.47 Å². The molecule has 7 nitrogen and oxygen atoms in total. The van der Waals surface area contributed by atoms with Crippen LogP contribution in [-0.4, -0.2) is 38.6 Å². The summed E-state index contributed by atoms with van der Waals surface area (Å²) in [6.45, 7) is 0.569. The van der Waals surface area contributed by atoms with Crippen LogP contribution in [0.25, 0.3) is 27.6 Å². The molecule has 0 aliphatic heterocycles. The van der Waals surface area contributed by atoms with Crippen LogP contribution in [0.15, 0.2) is 66.3 Å². The Morgan fingerprint density at radius 1 is 1.00 bits per heavy atom. The fourth-order valence-corrected chi connectivity index (χ4v) is 4.19. The fraction of sp³-hybridized carbons (Fsp3) is 0.136. The molecule has 0 N–H and O–H groups in total. The summed E-state index contributed by atoms with van der Waals surface area (Å²) in [5.74, 6) is 1.39. The number of benzene rings is 2. The van der Waals surface area contributed by atoms with Crippen molar-refractivity contribution in [2.75, 3.05) is 14.2 Å². The monoisotopic (exact) mass is 417 g/mol. The van der Waals surface area contributed by atoms with Gasteiger partial charge in [-0.1, -0.05) is 41.6 Å². The number of fused-ring (bicyclic) bond motifs is 1. The van der Waals surface area contributed by atoms with Crippen molar-refractivity contribution in [2.24, 2.45) is 0 Å². The predicted molar refractivity (Wildman–Crippen MR) is 116 cm³/mol. The molecule has 2 aromatic carbocycles. The Labute approximate surface area is 177 Å². The summed E-state index contributed by atoms with van der Waals surface area (Å²) in [6.07, 6.45) is 3.96. The highest BCUT2D eigenvalue weighted by Crippen LogP contribution is 2.33. The largest absolute Gasteiger partial charge is 0.493 e. The molecular formula is C22H19N5O2S. The van der Waals surface area contributed by atoms with Crippen molar-refractivity contribution in [3.8, 4) is 34.1 Å². The molecule has 0 fully saturated rings. The third-order valence-electron chi connectivity index (χ3n) is 4.88. The van der Waals surface area contributed by atoms with Crippen molar-refractivity contribution in [3.05, 3.63) is 71.9 Å². The number of hydrogen-bond acceptors (Lipinski definition) is 6. The van der Waals surface area contributed by atoms with Gasteiger partial charge in [-0.2, -0.15) is 0 Å². The summed E-state index contributed by atoms with van der Waals surface area (Å²) in [4.78, 5) is 5.76. The molecule has 3 heterocycles. The molecule has 0 saturated carbocycles. The number of rotatable bonds is 6. The zero-order chi connectivity index (χ0) is 20.5. The Bertz CT molecular complexity index is 1310. The molecule has 3 aromatic heterocycles. The van der Waals surface area contributed by atoms with Gasteiger partial charge in [-0.05, 0) is 17.7 Å². The van der Waals surface area contributed by atoms with Gasteiger partial charge in [0.15, 0.2) is 16.5 Å². The van der Waals surface area contributed by atoms with Crippen LogP contribution in [0.2, 0.25) is 0 Å². The first kappa shape index (κ1) is 18.4. The van der Waals surface area contributed by atoms with Gasteiger partial charge >= 0.3 is 0 Å². The van der Waals surface area contributed by atoms with E-state index in [0.29, 0.717) is 18.0 Å². The Balaban J connectivity index is 1.52. The molecule has 0 saturated heterocycles. The minimum atomic E-state index is 0.569. The maximum Gasteiger partial charge on any atom is 0.194 e. The number of imidazole rings is 1. The van der Waals surface area contributed by atoms with E-state index in [1.165, 1.54) is 0 Å². The molecule has 0 radical (unpaired) electrons. The van der Waals surface area contributed by atoms with Crippen LogP contribution in [0, 0.1) is 0 Å². The number of hydrogen-bond donors (Lipinski definition) is 0. The number of aromatic nitrogens is 5. The second kappa shape index (κ2) is 7.64. The molecular weight excluding hydrogens is 398 g/mol. The van der Waals surface area contributed by atoms with Crippen molar-refractivity contribution >= 4 is 16.3 Å². The lowest BCUT2D eigenvalue weighted by atomic mass is 10.1. The Hall–Kier alpha value is -3.65. The average molecular weight is 417 g/mol. The van der Waals surface area contributed by atoms with Gasteiger partial charge in [0, 0.05) is 17.1 Å². The summed E-state index contributed by atoms with van der Waals surface area (Å²) in [5.41, 5.74) is 4.72. The highest BCUT2D eigenvalue weighted by Gasteiger charge is 2.19. The fourth-order valence-electron chi connectivity index (χ4n) is 3.48. The molecule has 0 aliphatic rings. The lowest BCUT2D eigenvalue weighted by molar-refractivity contribution is 0.354. The number of ether oxygens (including phenoxy) is 2. The lowest BCUT2D eigenvalue weighted by Crippen LogP contribution is -2.01. The zero-order valence-corrected chi connectivity index (χ0v) is 17.3. The zero-order valence-electron chi connectivity index (χ0n) is 16.5. The average Bonchev–Trinajstić information content (AvgIpc) is 3.50. The summed E-state index contributed by atoms with van der Waals surface area (Å²) in [7, 11) is 3.26. The van der Waals surface area contributed by atoms with Gasteiger partial charge in [-0.15, -0.1) is 16.4 Å². The second-order valence-corrected chi connectivity index (χ2v) is 7.59. The van der Waals surface area contributed by atoms with E-state index in [-0.39, 0.29) is 0 Å². The van der Waals surface area contributed by atoms with Gasteiger partial charge in [0.2, 0.25) is 0 Å². The molecule has 0 unspecified atom stereocenters. The van der Waals surface area contributed by atoms with Crippen LogP contribution in [0.3, 0.4) is 0 Å². The minimum Gasteiger partial charge on any atom is -0.493 e. The van der Waals surface area contributed by atoms with E-state index in [2.05, 4.69) is 26.8 Å². The minimum absolute atomic E-state index is 0.569. The van der Waals surface area contributed by atoms with Crippen LogP contribution >= 0.6 is 11.3 Å². The number of methoxy groups -OCH3 is 2. The molecule has 0 atom stereocenters. The second-order valence-electron chi connectivity index (χ2n) is 6.72. The van der Waals surface area contributed by atoms with Gasteiger partial charge in [-0.3, -0.25) is 4.40 Å². The topological polar surface area (TPSA) is 66.5 Å². The maximum absolute atomic E-state index is 5.40. The van der Waals surface area contributed by atoms with E-state index in [4.69, 9.17) is 14.5 Å². The van der Waals surface area contributed by atoms with E-state index in [0.717, 1.165) is 33.2 Å². The molecule has 150 valence electrons. The Kier molecular flexibility index (Phi) is 4.68. The quantitative estimate of drug-likeness (QED) is 0.410. The van der Waals surface area contributed by atoms with Crippen molar-refractivity contribution in [1.29, 1.82) is 0 Å². The molecule has 5 aromatic rings. The molecule has 5 rings (SSSR count). The molecule has 0 amide bonds. The van der Waals surface area contributed by atoms with Gasteiger partial charge in [0.25, 0.3) is 0 Å². The van der Waals surface area contributed by atoms with Crippen LogP contribution in [-0.2, 0) is 6.54 Å². The third-order valence-corrected chi connectivity index (χ3v) is 5.64. The number of nitrogens with zero attached hydrogens (tertiary/aromatic N) is 5. The standard InChI is InChI=1S/C22H19N5O2S/c1-28-18-9-8-15(12-19(18)29-2)13-26-14-17(24-25-26)21-20(16-6-4-3-5-7-16)23-22-27(21)10-11-30-22/h3-12,14H,13H2,1-2H3. The molecule has 8 heteroatoms. The highest BCUT2D eigenvalue weighted by atomic mass is 32.1. The molecule has 0 bridgehead atoms. The molecule has 0 aliphatic carbocycles. The lowest BCUT2D eigenvalue weighted by Gasteiger charge is -2.09. The van der Waals surface area contributed by atoms with Crippen molar-refractivity contribution in [2.45, 2.75) is 6.54 Å². The highest BCUT2D eigenvalue weighted by molar-refractivity contribution is 7.15. The van der Waals surface area contributed by atoms with E-state index in [1.54, 1.807) is 25.6 Å². The Morgan fingerprint density at radius 3 is 2.63 bits per heavy atom. The first-order valence-electron chi connectivity index (χ1n) is 9.39. The normalized spacial score (nSPS) is 11.1. The number of thiazole rings is 1. The van der Waals surface area contributed by atoms with Crippen LogP contribution in [0.4, 0.5) is 0 Å². The van der Waals surface area contributed by atoms with E-state index >= 15 is 0 Å². The third kappa shape index (κ3) is 3.21. The SMILES string of the molecule is COc1ccc(Cn2cc(-c3c(-c4ccccc4)nc4sccn34)nn2)cc1OC. The van der Waals surface area contributed by atoms with Crippen LogP contribution in [0.1, 0.15) is 5.56 Å². The molecule has 30 heavy (non-hydrogen) atoms. The van der Waals surface area contributed by atoms with Gasteiger partial charge in [0.1, 0.15) is 11.4 Å². The first-order chi connectivity index (χ1) is 14.8. The summed E-state index contributed by atoms with van der Waals surface area (Å²) in [5, 5.41) is 10.8. The Morgan fingerprint density at radius 2 is 1.83 bits per heavy atom. The predicted octanol–water partition coefficient (Wildman–Crippen LogP) is 4.39. The summed E-state index contributed by atoms with van der Waals surface area (Å²) < 4.78 is 14.6. The van der Waals surface area contributed by atoms with Crippen LogP contribution < -0.4 is 9.47 Å². The van der Waals surface area contributed by atoms with Gasteiger partial charge in [0.05, 0.1) is 32.7 Å². The van der Waals surface area contributed by atoms with Gasteiger partial charge in [-0.25, -0.2) is 9.67 Å². The van der Waals surface area contributed by atoms with Crippen molar-refractivity contribution in [1.82, 2.24) is 24.4 Å². The summed E-state index contributed by atoms with van der Waals surface area (Å²) in [6, 6.07) is 16.0. The maximum atomic E-state index is 5.40. The summed E-state index contributed by atoms with van der Waals surface area (Å²) >= 11 is 1.60. The molecule has 0 spiro atoms. The first-order valence-corrected chi connectivity index (χ1v) is 10.3. The smallest absolute Gasteiger partial charge is 0.194 e. The van der Waals surface area contributed by atoms with E-state index < -0.39 is 0 Å². The van der Waals surface area contributed by atoms with E-state index in [1.807, 2.05) is 58.9 Å². The van der Waals surface area contributed by atoms with Crippen LogP contribution in [0.5, 0.6) is 11.5 Å². The van der Waals surface area contributed by atoms with Crippen molar-refractivity contribution in [3.63, 3.8) is 0 Å². The van der Waals surface area contributed by atoms with Gasteiger partial charge < -0.3 is 9.47 Å².